The van der Waals surface area contributed by atoms with Crippen molar-refractivity contribution < 1.29 is 14.3 Å². The van der Waals surface area contributed by atoms with E-state index in [1.807, 2.05) is 6.07 Å². The van der Waals surface area contributed by atoms with Crippen LogP contribution in [0, 0.1) is 5.41 Å². The van der Waals surface area contributed by atoms with Crippen LogP contribution < -0.4 is 0 Å². The molecule has 1 aromatic rings. The average Bonchev–Trinajstić information content (AvgIpc) is 2.84. The molecule has 1 spiro atoms. The van der Waals surface area contributed by atoms with E-state index in [1.54, 1.807) is 18.0 Å². The molecule has 1 aromatic heterocycles. The number of halogens is 1. The molecule has 1 amide bonds. The number of aliphatic hydroxyl groups excluding tert-OH is 1. The Balaban J connectivity index is 1.62. The summed E-state index contributed by atoms with van der Waals surface area (Å²) in [7, 11) is 1.78. The molecule has 2 fully saturated rings. The third kappa shape index (κ3) is 2.96. The van der Waals surface area contributed by atoms with Gasteiger partial charge in [0.2, 0.25) is 5.91 Å². The van der Waals surface area contributed by atoms with E-state index in [1.165, 1.54) is 0 Å². The maximum Gasteiger partial charge on any atom is 0.228 e. The molecule has 0 radical (unpaired) electrons. The number of aliphatic hydroxyl groups is 1. The highest BCUT2D eigenvalue weighted by Crippen LogP contribution is 2.40. The van der Waals surface area contributed by atoms with Gasteiger partial charge in [0.05, 0.1) is 18.1 Å². The lowest BCUT2D eigenvalue weighted by molar-refractivity contribution is -0.154. The first-order chi connectivity index (χ1) is 9.98. The first-order valence-electron chi connectivity index (χ1n) is 7.39. The van der Waals surface area contributed by atoms with Crippen molar-refractivity contribution >= 4 is 17.5 Å². The van der Waals surface area contributed by atoms with Crippen molar-refractivity contribution in [2.75, 3.05) is 26.7 Å². The third-order valence-corrected chi connectivity index (χ3v) is 4.94. The van der Waals surface area contributed by atoms with E-state index in [2.05, 4.69) is 4.90 Å². The fourth-order valence-corrected chi connectivity index (χ4v) is 3.78. The van der Waals surface area contributed by atoms with Gasteiger partial charge in [-0.2, -0.15) is 0 Å². The van der Waals surface area contributed by atoms with E-state index >= 15 is 0 Å². The lowest BCUT2D eigenvalue weighted by atomic mass is 9.71. The number of amides is 1. The van der Waals surface area contributed by atoms with Crippen LogP contribution in [-0.2, 0) is 11.3 Å². The Morgan fingerprint density at radius 2 is 2.14 bits per heavy atom. The van der Waals surface area contributed by atoms with Gasteiger partial charge in [0.25, 0.3) is 0 Å². The second kappa shape index (κ2) is 5.63. The van der Waals surface area contributed by atoms with E-state index in [-0.39, 0.29) is 11.3 Å². The molecule has 0 saturated carbocycles. The minimum Gasteiger partial charge on any atom is -0.448 e. The fourth-order valence-electron chi connectivity index (χ4n) is 3.62. The van der Waals surface area contributed by atoms with Gasteiger partial charge in [-0.15, -0.1) is 0 Å². The lowest BCUT2D eigenvalue weighted by Crippen LogP contribution is -2.56. The van der Waals surface area contributed by atoms with Crippen LogP contribution in [0.4, 0.5) is 0 Å². The highest BCUT2D eigenvalue weighted by molar-refractivity contribution is 6.28. The average molecular weight is 313 g/mol. The van der Waals surface area contributed by atoms with Gasteiger partial charge in [0.1, 0.15) is 5.76 Å². The molecule has 21 heavy (non-hydrogen) atoms. The summed E-state index contributed by atoms with van der Waals surface area (Å²) in [5.74, 6) is 1.04. The number of furan rings is 1. The minimum atomic E-state index is -0.400. The van der Waals surface area contributed by atoms with Crippen LogP contribution in [0.15, 0.2) is 16.5 Å². The summed E-state index contributed by atoms with van der Waals surface area (Å²) < 4.78 is 5.39. The van der Waals surface area contributed by atoms with Crippen molar-refractivity contribution in [1.29, 1.82) is 0 Å². The number of rotatable bonds is 2. The second-order valence-electron chi connectivity index (χ2n) is 6.31. The zero-order valence-electron chi connectivity index (χ0n) is 12.2. The molecule has 2 aliphatic heterocycles. The quantitative estimate of drug-likeness (QED) is 0.904. The second-order valence-corrected chi connectivity index (χ2v) is 6.68. The molecule has 3 rings (SSSR count). The van der Waals surface area contributed by atoms with Crippen LogP contribution in [-0.4, -0.2) is 53.6 Å². The molecule has 2 saturated heterocycles. The van der Waals surface area contributed by atoms with Crippen molar-refractivity contribution in [3.05, 3.63) is 23.1 Å². The Morgan fingerprint density at radius 3 is 2.76 bits per heavy atom. The van der Waals surface area contributed by atoms with Gasteiger partial charge in [0.15, 0.2) is 5.22 Å². The standard InChI is InChI=1S/C15H21ClN2O3/c1-17-9-11(19)8-15(14(17)20)4-6-18(7-5-15)10-12-2-3-13(16)21-12/h2-3,11,19H,4-10H2,1H3. The lowest BCUT2D eigenvalue weighted by Gasteiger charge is -2.46. The smallest absolute Gasteiger partial charge is 0.228 e. The van der Waals surface area contributed by atoms with Crippen LogP contribution in [0.1, 0.15) is 25.0 Å². The van der Waals surface area contributed by atoms with Crippen LogP contribution in [0.3, 0.4) is 0 Å². The first-order valence-corrected chi connectivity index (χ1v) is 7.76. The topological polar surface area (TPSA) is 56.9 Å². The van der Waals surface area contributed by atoms with Crippen molar-refractivity contribution in [2.45, 2.75) is 31.9 Å². The van der Waals surface area contributed by atoms with Gasteiger partial charge in [-0.1, -0.05) is 0 Å². The van der Waals surface area contributed by atoms with Crippen LogP contribution >= 0.6 is 11.6 Å². The Labute approximate surface area is 129 Å². The molecule has 0 aromatic carbocycles. The zero-order chi connectivity index (χ0) is 15.0. The van der Waals surface area contributed by atoms with E-state index in [0.717, 1.165) is 38.2 Å². The number of piperidine rings is 2. The maximum atomic E-state index is 12.5. The number of hydrogen-bond donors (Lipinski definition) is 1. The highest BCUT2D eigenvalue weighted by Gasteiger charge is 2.47. The van der Waals surface area contributed by atoms with Gasteiger partial charge in [0, 0.05) is 13.6 Å². The first kappa shape index (κ1) is 14.9. The van der Waals surface area contributed by atoms with Crippen LogP contribution in [0.5, 0.6) is 0 Å². The molecule has 6 heteroatoms. The number of likely N-dealkylation sites (N-methyl/N-ethyl adjacent to an activating group) is 1. The van der Waals surface area contributed by atoms with Crippen LogP contribution in [0.2, 0.25) is 5.22 Å². The van der Waals surface area contributed by atoms with Crippen molar-refractivity contribution in [1.82, 2.24) is 9.80 Å². The summed E-state index contributed by atoms with van der Waals surface area (Å²) >= 11 is 5.78. The molecular formula is C15H21ClN2O3. The predicted molar refractivity (Wildman–Crippen MR) is 78.9 cm³/mol. The third-order valence-electron chi connectivity index (χ3n) is 4.73. The Kier molecular flexibility index (Phi) is 3.99. The Morgan fingerprint density at radius 1 is 1.43 bits per heavy atom. The van der Waals surface area contributed by atoms with Gasteiger partial charge in [-0.3, -0.25) is 9.69 Å². The van der Waals surface area contributed by atoms with Gasteiger partial charge in [-0.05, 0) is 56.1 Å². The monoisotopic (exact) mass is 312 g/mol. The number of hydrogen-bond acceptors (Lipinski definition) is 4. The highest BCUT2D eigenvalue weighted by atomic mass is 35.5. The molecule has 116 valence electrons. The molecule has 1 atom stereocenters. The van der Waals surface area contributed by atoms with Crippen molar-refractivity contribution in [3.8, 4) is 0 Å². The van der Waals surface area contributed by atoms with Crippen LogP contribution in [0.25, 0.3) is 0 Å². The number of likely N-dealkylation sites (tertiary alicyclic amines) is 2. The predicted octanol–water partition coefficient (Wildman–Crippen LogP) is 1.74. The number of β-amino-alcohol motifs (C(OH)–C–C–N with tert-alkyl or cyclic N) is 1. The minimum absolute atomic E-state index is 0.188. The molecule has 1 N–H and O–H groups in total. The summed E-state index contributed by atoms with van der Waals surface area (Å²) in [6, 6.07) is 3.63. The molecule has 0 bridgehead atoms. The molecule has 1 unspecified atom stereocenters. The summed E-state index contributed by atoms with van der Waals surface area (Å²) in [6.07, 6.45) is 1.78. The van der Waals surface area contributed by atoms with Gasteiger partial charge in [-0.25, -0.2) is 0 Å². The molecular weight excluding hydrogens is 292 g/mol. The normalized spacial score (nSPS) is 26.5. The van der Waals surface area contributed by atoms with Crippen molar-refractivity contribution in [3.63, 3.8) is 0 Å². The molecule has 5 nitrogen and oxygen atoms in total. The summed E-state index contributed by atoms with van der Waals surface area (Å²) in [5.41, 5.74) is -0.371. The zero-order valence-corrected chi connectivity index (χ0v) is 13.0. The van der Waals surface area contributed by atoms with E-state index in [0.29, 0.717) is 18.2 Å². The largest absolute Gasteiger partial charge is 0.448 e. The molecule has 0 aliphatic carbocycles. The van der Waals surface area contributed by atoms with Crippen molar-refractivity contribution in [2.24, 2.45) is 5.41 Å². The number of carbonyl (C=O) groups is 1. The number of nitrogens with zero attached hydrogens (tertiary/aromatic N) is 2. The van der Waals surface area contributed by atoms with E-state index in [9.17, 15) is 9.90 Å². The number of carbonyl (C=O) groups excluding carboxylic acids is 1. The summed E-state index contributed by atoms with van der Waals surface area (Å²) in [4.78, 5) is 16.4. The van der Waals surface area contributed by atoms with Gasteiger partial charge >= 0.3 is 0 Å². The summed E-state index contributed by atoms with van der Waals surface area (Å²) in [6.45, 7) is 2.85. The van der Waals surface area contributed by atoms with E-state index in [4.69, 9.17) is 16.0 Å². The Bertz CT molecular complexity index is 523. The fraction of sp³-hybridized carbons (Fsp3) is 0.667. The molecule has 3 heterocycles. The molecule has 2 aliphatic rings. The summed E-state index contributed by atoms with van der Waals surface area (Å²) in [5, 5.41) is 10.4. The maximum absolute atomic E-state index is 12.5. The SMILES string of the molecule is CN1CC(O)CC2(CCN(Cc3ccc(Cl)o3)CC2)C1=O. The van der Waals surface area contributed by atoms with Gasteiger partial charge < -0.3 is 14.4 Å². The Hall–Kier alpha value is -1.04. The van der Waals surface area contributed by atoms with E-state index < -0.39 is 6.10 Å².